The lowest BCUT2D eigenvalue weighted by molar-refractivity contribution is 0.805. The SMILES string of the molecule is Cl.Cl.N=C(N)C1(c2ccccc2)N=C(N)N=C1N=C1CCc2ccccc21. The Labute approximate surface area is 169 Å². The van der Waals surface area contributed by atoms with E-state index in [4.69, 9.17) is 21.9 Å². The highest BCUT2D eigenvalue weighted by Crippen LogP contribution is 2.33. The summed E-state index contributed by atoms with van der Waals surface area (Å²) < 4.78 is 0. The Morgan fingerprint density at radius 3 is 2.37 bits per heavy atom. The Morgan fingerprint density at radius 2 is 1.67 bits per heavy atom. The minimum Gasteiger partial charge on any atom is -0.385 e. The van der Waals surface area contributed by atoms with Crippen LogP contribution in [0.25, 0.3) is 0 Å². The lowest BCUT2D eigenvalue weighted by Gasteiger charge is -2.25. The number of hydrogen-bond donors (Lipinski definition) is 3. The first-order valence-corrected chi connectivity index (χ1v) is 8.11. The third-order valence-electron chi connectivity index (χ3n) is 4.61. The van der Waals surface area contributed by atoms with Crippen LogP contribution in [0.2, 0.25) is 0 Å². The van der Waals surface area contributed by atoms with Gasteiger partial charge in [-0.1, -0.05) is 54.6 Å². The molecule has 0 fully saturated rings. The zero-order chi connectivity index (χ0) is 17.4. The highest BCUT2D eigenvalue weighted by molar-refractivity contribution is 6.24. The molecule has 6 nitrogen and oxygen atoms in total. The minimum atomic E-state index is -1.25. The van der Waals surface area contributed by atoms with E-state index in [0.29, 0.717) is 5.84 Å². The zero-order valence-electron chi connectivity index (χ0n) is 14.4. The van der Waals surface area contributed by atoms with Crippen molar-refractivity contribution < 1.29 is 0 Å². The maximum Gasteiger partial charge on any atom is 0.219 e. The molecule has 1 heterocycles. The van der Waals surface area contributed by atoms with Gasteiger partial charge in [-0.2, -0.15) is 4.99 Å². The molecule has 0 bridgehead atoms. The van der Waals surface area contributed by atoms with Gasteiger partial charge in [0.25, 0.3) is 0 Å². The van der Waals surface area contributed by atoms with Crippen LogP contribution in [0.3, 0.4) is 0 Å². The van der Waals surface area contributed by atoms with E-state index < -0.39 is 5.54 Å². The van der Waals surface area contributed by atoms with Gasteiger partial charge in [-0.15, -0.1) is 24.8 Å². The van der Waals surface area contributed by atoms with Crippen LogP contribution in [0.15, 0.2) is 69.6 Å². The van der Waals surface area contributed by atoms with E-state index in [0.717, 1.165) is 29.7 Å². The number of benzene rings is 2. The number of fused-ring (bicyclic) bond motifs is 1. The maximum absolute atomic E-state index is 8.18. The van der Waals surface area contributed by atoms with E-state index in [1.807, 2.05) is 42.5 Å². The molecule has 1 aliphatic carbocycles. The normalized spacial score (nSPS) is 21.6. The van der Waals surface area contributed by atoms with E-state index in [2.05, 4.69) is 22.1 Å². The third-order valence-corrected chi connectivity index (χ3v) is 4.61. The average molecular weight is 403 g/mol. The van der Waals surface area contributed by atoms with Gasteiger partial charge in [-0.3, -0.25) is 5.41 Å². The first-order chi connectivity index (χ1) is 12.1. The smallest absolute Gasteiger partial charge is 0.219 e. The standard InChI is InChI=1S/C19H18N6.2ClH/c20-16(21)19(13-7-2-1-3-8-13)17(24-18(22)25-19)23-15-11-10-12-6-4-5-9-14(12)15;;/h1-9H,10-11H2,(H3,20,21)(H2,22,25);2*1H. The van der Waals surface area contributed by atoms with Crippen molar-refractivity contribution in [3.8, 4) is 0 Å². The molecule has 4 rings (SSSR count). The van der Waals surface area contributed by atoms with E-state index >= 15 is 0 Å². The second kappa shape index (κ2) is 7.90. The van der Waals surface area contributed by atoms with E-state index in [1.165, 1.54) is 5.56 Å². The first-order valence-electron chi connectivity index (χ1n) is 8.11. The van der Waals surface area contributed by atoms with Crippen LogP contribution in [0.4, 0.5) is 0 Å². The van der Waals surface area contributed by atoms with Gasteiger partial charge in [0.05, 0.1) is 5.71 Å². The van der Waals surface area contributed by atoms with Crippen LogP contribution in [-0.2, 0) is 12.0 Å². The largest absolute Gasteiger partial charge is 0.385 e. The van der Waals surface area contributed by atoms with Crippen molar-refractivity contribution in [1.82, 2.24) is 0 Å². The number of nitrogens with two attached hydrogens (primary N) is 2. The van der Waals surface area contributed by atoms with Gasteiger partial charge in [0, 0.05) is 0 Å². The van der Waals surface area contributed by atoms with E-state index in [1.54, 1.807) is 0 Å². The number of nitrogens with zero attached hydrogens (tertiary/aromatic N) is 3. The highest BCUT2D eigenvalue weighted by Gasteiger charge is 2.45. The Morgan fingerprint density at radius 1 is 1.00 bits per heavy atom. The number of aryl methyl sites for hydroxylation is 1. The number of amidine groups is 2. The fourth-order valence-electron chi connectivity index (χ4n) is 3.40. The van der Waals surface area contributed by atoms with E-state index in [-0.39, 0.29) is 36.6 Å². The molecule has 5 N–H and O–H groups in total. The quantitative estimate of drug-likeness (QED) is 0.529. The molecule has 1 aliphatic heterocycles. The Bertz CT molecular complexity index is 952. The molecule has 0 saturated heterocycles. The molecule has 0 aromatic heterocycles. The molecule has 1 atom stereocenters. The lowest BCUT2D eigenvalue weighted by atomic mass is 9.88. The van der Waals surface area contributed by atoms with Gasteiger partial charge in [-0.05, 0) is 29.5 Å². The number of rotatable bonds is 2. The molecule has 0 amide bonds. The predicted octanol–water partition coefficient (Wildman–Crippen LogP) is 2.82. The van der Waals surface area contributed by atoms with Gasteiger partial charge in [0.15, 0.2) is 5.84 Å². The highest BCUT2D eigenvalue weighted by atomic mass is 35.5. The fraction of sp³-hybridized carbons (Fsp3) is 0.158. The summed E-state index contributed by atoms with van der Waals surface area (Å²) >= 11 is 0. The van der Waals surface area contributed by atoms with E-state index in [9.17, 15) is 0 Å². The molecular formula is C19H20Cl2N6. The van der Waals surface area contributed by atoms with Crippen molar-refractivity contribution in [3.05, 3.63) is 71.3 Å². The van der Waals surface area contributed by atoms with Gasteiger partial charge < -0.3 is 11.5 Å². The summed E-state index contributed by atoms with van der Waals surface area (Å²) in [4.78, 5) is 13.5. The van der Waals surface area contributed by atoms with Crippen molar-refractivity contribution in [2.75, 3.05) is 0 Å². The van der Waals surface area contributed by atoms with Crippen molar-refractivity contribution in [3.63, 3.8) is 0 Å². The topological polar surface area (TPSA) is 113 Å². The Kier molecular flexibility index (Phi) is 6.03. The molecule has 8 heteroatoms. The van der Waals surface area contributed by atoms with Crippen LogP contribution in [0, 0.1) is 5.41 Å². The van der Waals surface area contributed by atoms with Crippen molar-refractivity contribution in [2.45, 2.75) is 18.4 Å². The number of aliphatic imine (C=N–C) groups is 3. The third kappa shape index (κ3) is 3.34. The van der Waals surface area contributed by atoms with Gasteiger partial charge in [0.1, 0.15) is 5.84 Å². The molecule has 0 saturated carbocycles. The van der Waals surface area contributed by atoms with Crippen molar-refractivity contribution in [1.29, 1.82) is 5.41 Å². The fourth-order valence-corrected chi connectivity index (χ4v) is 3.40. The summed E-state index contributed by atoms with van der Waals surface area (Å²) in [7, 11) is 0. The first kappa shape index (κ1) is 20.6. The second-order valence-electron chi connectivity index (χ2n) is 6.11. The second-order valence-corrected chi connectivity index (χ2v) is 6.11. The summed E-state index contributed by atoms with van der Waals surface area (Å²) in [6.45, 7) is 0. The number of guanidine groups is 1. The van der Waals surface area contributed by atoms with Crippen LogP contribution >= 0.6 is 24.8 Å². The molecule has 1 unspecified atom stereocenters. The summed E-state index contributed by atoms with van der Waals surface area (Å²) in [6, 6.07) is 17.6. The van der Waals surface area contributed by atoms with Crippen LogP contribution in [0.1, 0.15) is 23.1 Å². The zero-order valence-corrected chi connectivity index (χ0v) is 16.1. The summed E-state index contributed by atoms with van der Waals surface area (Å²) in [5, 5.41) is 8.18. The average Bonchev–Trinajstić information content (AvgIpc) is 3.18. The molecule has 27 heavy (non-hydrogen) atoms. The molecule has 140 valence electrons. The summed E-state index contributed by atoms with van der Waals surface area (Å²) in [5.74, 6) is 0.300. The van der Waals surface area contributed by atoms with Crippen LogP contribution < -0.4 is 11.5 Å². The minimum absolute atomic E-state index is 0. The predicted molar refractivity (Wildman–Crippen MR) is 115 cm³/mol. The van der Waals surface area contributed by atoms with Crippen LogP contribution in [0.5, 0.6) is 0 Å². The van der Waals surface area contributed by atoms with Crippen molar-refractivity contribution in [2.24, 2.45) is 26.4 Å². The summed E-state index contributed by atoms with van der Waals surface area (Å²) in [5.41, 5.74) is 14.6. The Balaban J connectivity index is 0.00000131. The molecule has 2 aromatic carbocycles. The maximum atomic E-state index is 8.18. The number of nitrogens with one attached hydrogen (secondary N) is 1. The molecular weight excluding hydrogens is 383 g/mol. The monoisotopic (exact) mass is 402 g/mol. The van der Waals surface area contributed by atoms with Gasteiger partial charge in [-0.25, -0.2) is 9.98 Å². The molecule has 2 aromatic rings. The van der Waals surface area contributed by atoms with Crippen molar-refractivity contribution >= 4 is 48.2 Å². The Hall–Kier alpha value is -2.70. The number of halogens is 2. The molecule has 2 aliphatic rings. The van der Waals surface area contributed by atoms with Gasteiger partial charge in [0.2, 0.25) is 11.5 Å². The van der Waals surface area contributed by atoms with Gasteiger partial charge >= 0.3 is 0 Å². The molecule has 0 radical (unpaired) electrons. The number of hydrogen-bond acceptors (Lipinski definition) is 5. The van der Waals surface area contributed by atoms with Crippen LogP contribution in [-0.4, -0.2) is 23.3 Å². The summed E-state index contributed by atoms with van der Waals surface area (Å²) in [6.07, 6.45) is 1.76. The lowest BCUT2D eigenvalue weighted by Crippen LogP contribution is -2.44. The molecule has 0 spiro atoms.